The number of barbiturate groups is 1. The normalized spacial score (nSPS) is 25.0. The maximum atomic E-state index is 13.6. The predicted molar refractivity (Wildman–Crippen MR) is 118 cm³/mol. The summed E-state index contributed by atoms with van der Waals surface area (Å²) in [5.74, 6) is -0.594. The summed E-state index contributed by atoms with van der Waals surface area (Å²) in [5, 5.41) is 0.629. The van der Waals surface area contributed by atoms with Gasteiger partial charge in [0.15, 0.2) is 5.41 Å². The average molecular weight is 438 g/mol. The Morgan fingerprint density at radius 2 is 1.65 bits per heavy atom. The number of piperidine rings is 1. The number of carbonyl (C=O) groups excluding carboxylic acids is 3. The summed E-state index contributed by atoms with van der Waals surface area (Å²) in [6.45, 7) is 0.710. The number of anilines is 1. The van der Waals surface area contributed by atoms with Gasteiger partial charge in [-0.25, -0.2) is 4.79 Å². The zero-order valence-corrected chi connectivity index (χ0v) is 18.3. The molecule has 0 bridgehead atoms. The van der Waals surface area contributed by atoms with Crippen LogP contribution in [-0.4, -0.2) is 54.3 Å². The first kappa shape index (κ1) is 20.1. The first-order valence-electron chi connectivity index (χ1n) is 10.5. The van der Waals surface area contributed by atoms with Gasteiger partial charge in [-0.15, -0.1) is 0 Å². The number of fused-ring (bicyclic) bond motifs is 4. The van der Waals surface area contributed by atoms with E-state index in [9.17, 15) is 14.4 Å². The number of benzene rings is 2. The van der Waals surface area contributed by atoms with Crippen LogP contribution in [0.3, 0.4) is 0 Å². The molecule has 2 atom stereocenters. The molecule has 2 aromatic carbocycles. The van der Waals surface area contributed by atoms with Crippen molar-refractivity contribution < 1.29 is 14.4 Å². The van der Waals surface area contributed by atoms with Crippen LogP contribution in [0.2, 0.25) is 5.02 Å². The number of hydrogen-bond acceptors (Lipinski definition) is 4. The van der Waals surface area contributed by atoms with Gasteiger partial charge in [0.1, 0.15) is 0 Å². The first-order chi connectivity index (χ1) is 14.8. The van der Waals surface area contributed by atoms with E-state index in [1.54, 1.807) is 6.07 Å². The van der Waals surface area contributed by atoms with E-state index in [0.717, 1.165) is 27.5 Å². The smallest absolute Gasteiger partial charge is 0.332 e. The fourth-order valence-corrected chi connectivity index (χ4v) is 5.81. The summed E-state index contributed by atoms with van der Waals surface area (Å²) in [4.78, 5) is 44.2. The second-order valence-corrected chi connectivity index (χ2v) is 9.21. The molecule has 3 aliphatic heterocycles. The molecule has 2 fully saturated rings. The third kappa shape index (κ3) is 2.81. The van der Waals surface area contributed by atoms with Crippen LogP contribution >= 0.6 is 11.6 Å². The summed E-state index contributed by atoms with van der Waals surface area (Å²) in [6, 6.07) is 14.9. The van der Waals surface area contributed by atoms with Crippen molar-refractivity contribution in [3.63, 3.8) is 0 Å². The lowest BCUT2D eigenvalue weighted by molar-refractivity contribution is -0.159. The van der Waals surface area contributed by atoms with Crippen molar-refractivity contribution in [1.82, 2.24) is 9.80 Å². The van der Waals surface area contributed by atoms with E-state index in [0.29, 0.717) is 18.0 Å². The fraction of sp³-hybridized carbons (Fsp3) is 0.375. The molecule has 0 aliphatic carbocycles. The van der Waals surface area contributed by atoms with Gasteiger partial charge in [-0.2, -0.15) is 0 Å². The summed E-state index contributed by atoms with van der Waals surface area (Å²) < 4.78 is 0. The Hall–Kier alpha value is -2.86. The van der Waals surface area contributed by atoms with E-state index in [1.807, 2.05) is 30.3 Å². The van der Waals surface area contributed by atoms with Crippen LogP contribution < -0.4 is 4.90 Å². The molecule has 4 amide bonds. The van der Waals surface area contributed by atoms with E-state index >= 15 is 0 Å². The molecule has 160 valence electrons. The van der Waals surface area contributed by atoms with Crippen LogP contribution in [0.1, 0.15) is 29.9 Å². The molecule has 3 aliphatic rings. The number of imide groups is 2. The van der Waals surface area contributed by atoms with Crippen molar-refractivity contribution in [3.05, 3.63) is 64.7 Å². The maximum absolute atomic E-state index is 13.6. The number of rotatable bonds is 1. The molecule has 7 heteroatoms. The number of halogens is 1. The van der Waals surface area contributed by atoms with Gasteiger partial charge in [0, 0.05) is 31.4 Å². The van der Waals surface area contributed by atoms with E-state index in [4.69, 9.17) is 11.6 Å². The monoisotopic (exact) mass is 437 g/mol. The van der Waals surface area contributed by atoms with E-state index < -0.39 is 23.3 Å². The van der Waals surface area contributed by atoms with Gasteiger partial charge >= 0.3 is 6.03 Å². The minimum absolute atomic E-state index is 0.230. The van der Waals surface area contributed by atoms with Crippen LogP contribution in [-0.2, 0) is 16.0 Å². The van der Waals surface area contributed by atoms with Gasteiger partial charge in [-0.1, -0.05) is 48.0 Å². The zero-order chi connectivity index (χ0) is 21.9. The van der Waals surface area contributed by atoms with Crippen molar-refractivity contribution in [2.24, 2.45) is 5.41 Å². The largest absolute Gasteiger partial charge is 0.367 e. The number of urea groups is 1. The Morgan fingerprint density at radius 3 is 2.32 bits per heavy atom. The molecular formula is C24H24ClN3O3. The highest BCUT2D eigenvalue weighted by Crippen LogP contribution is 2.51. The molecule has 0 N–H and O–H groups in total. The lowest BCUT2D eigenvalue weighted by Crippen LogP contribution is -2.72. The van der Waals surface area contributed by atoms with Gasteiger partial charge in [-0.05, 0) is 48.4 Å². The van der Waals surface area contributed by atoms with Crippen LogP contribution in [0.25, 0.3) is 0 Å². The highest BCUT2D eigenvalue weighted by molar-refractivity contribution is 6.31. The van der Waals surface area contributed by atoms with Gasteiger partial charge in [0.2, 0.25) is 11.8 Å². The van der Waals surface area contributed by atoms with Gasteiger partial charge in [0.05, 0.1) is 6.04 Å². The number of carbonyl (C=O) groups is 3. The van der Waals surface area contributed by atoms with Gasteiger partial charge in [0.25, 0.3) is 0 Å². The third-order valence-electron chi connectivity index (χ3n) is 7.21. The lowest BCUT2D eigenvalue weighted by atomic mass is 9.64. The number of hydrogen-bond donors (Lipinski definition) is 0. The molecule has 6 nitrogen and oxygen atoms in total. The molecule has 0 saturated carbocycles. The van der Waals surface area contributed by atoms with E-state index in [2.05, 4.69) is 17.0 Å². The number of amides is 4. The standard InChI is InChI=1S/C24H24ClN3O3/c1-26-21(29)24(22(30)27(2)23(26)31)14-17-8-9-18(25)13-19(17)28-11-10-16(12-20(24)28)15-6-4-3-5-7-15/h3-9,13,16,20H,10-12,14H2,1-2H3. The zero-order valence-electron chi connectivity index (χ0n) is 17.5. The molecule has 3 heterocycles. The van der Waals surface area contributed by atoms with Crippen molar-refractivity contribution in [2.45, 2.75) is 31.2 Å². The van der Waals surface area contributed by atoms with Crippen molar-refractivity contribution >= 4 is 35.1 Å². The second kappa shape index (κ2) is 7.09. The first-order valence-corrected chi connectivity index (χ1v) is 10.9. The molecule has 2 saturated heterocycles. The average Bonchev–Trinajstić information content (AvgIpc) is 2.80. The molecule has 5 rings (SSSR count). The summed E-state index contributed by atoms with van der Waals surface area (Å²) in [6.07, 6.45) is 1.83. The van der Waals surface area contributed by atoms with Gasteiger partial charge < -0.3 is 4.90 Å². The Bertz CT molecular complexity index is 1060. The summed E-state index contributed by atoms with van der Waals surface area (Å²) >= 11 is 6.31. The molecule has 31 heavy (non-hydrogen) atoms. The topological polar surface area (TPSA) is 60.9 Å². The SMILES string of the molecule is CN1C(=O)N(C)C(=O)C2(Cc3ccc(Cl)cc3N3CCC(c4ccccc4)CC32)C1=O. The lowest BCUT2D eigenvalue weighted by Gasteiger charge is -2.55. The number of nitrogens with zero attached hydrogens (tertiary/aromatic N) is 3. The Kier molecular flexibility index (Phi) is 4.59. The minimum atomic E-state index is -1.33. The van der Waals surface area contributed by atoms with Crippen LogP contribution in [0.5, 0.6) is 0 Å². The summed E-state index contributed by atoms with van der Waals surface area (Å²) in [7, 11) is 2.93. The Morgan fingerprint density at radius 1 is 0.968 bits per heavy atom. The van der Waals surface area contributed by atoms with Crippen LogP contribution in [0.15, 0.2) is 48.5 Å². The predicted octanol–water partition coefficient (Wildman–Crippen LogP) is 3.69. The summed E-state index contributed by atoms with van der Waals surface area (Å²) in [5.41, 5.74) is 1.78. The minimum Gasteiger partial charge on any atom is -0.367 e. The van der Waals surface area contributed by atoms with Crippen molar-refractivity contribution in [3.8, 4) is 0 Å². The van der Waals surface area contributed by atoms with Crippen LogP contribution in [0.4, 0.5) is 10.5 Å². The third-order valence-corrected chi connectivity index (χ3v) is 7.45. The molecule has 0 radical (unpaired) electrons. The Balaban J connectivity index is 1.66. The van der Waals surface area contributed by atoms with E-state index in [-0.39, 0.29) is 18.4 Å². The highest BCUT2D eigenvalue weighted by atomic mass is 35.5. The second-order valence-electron chi connectivity index (χ2n) is 8.77. The van der Waals surface area contributed by atoms with Crippen LogP contribution in [0, 0.1) is 5.41 Å². The van der Waals surface area contributed by atoms with E-state index in [1.165, 1.54) is 19.7 Å². The molecule has 0 aromatic heterocycles. The Labute approximate surface area is 186 Å². The fourth-order valence-electron chi connectivity index (χ4n) is 5.65. The van der Waals surface area contributed by atoms with Crippen molar-refractivity contribution in [2.75, 3.05) is 25.5 Å². The highest BCUT2D eigenvalue weighted by Gasteiger charge is 2.63. The quantitative estimate of drug-likeness (QED) is 0.638. The molecular weight excluding hydrogens is 414 g/mol. The van der Waals surface area contributed by atoms with Gasteiger partial charge in [-0.3, -0.25) is 19.4 Å². The molecule has 1 spiro atoms. The van der Waals surface area contributed by atoms with Crippen molar-refractivity contribution in [1.29, 1.82) is 0 Å². The molecule has 2 unspecified atom stereocenters. The molecule has 2 aromatic rings. The maximum Gasteiger partial charge on any atom is 0.332 e.